The number of nitriles is 1. The standard InChI is InChI=1S/C19H17ClF5N5S2/c1-12-8-14(32(21,22,23,24)25)9-15(20)17(12)30-19(27)18(16(10-26)28-30)29(31-2)11-13-6-4-3-5-7-13/h3-9H,11,27H2,1-2H3. The maximum absolute atomic E-state index is 13.2. The molecular formula is C19H17ClF5N5S2. The Morgan fingerprint density at radius 1 is 1.19 bits per heavy atom. The van der Waals surface area contributed by atoms with Gasteiger partial charge in [-0.2, -0.15) is 10.4 Å². The van der Waals surface area contributed by atoms with Crippen LogP contribution < -0.4 is 10.0 Å². The van der Waals surface area contributed by atoms with Gasteiger partial charge in [0.1, 0.15) is 16.7 Å². The monoisotopic (exact) mass is 509 g/mol. The maximum atomic E-state index is 13.2. The van der Waals surface area contributed by atoms with Gasteiger partial charge in [0.25, 0.3) is 0 Å². The highest BCUT2D eigenvalue weighted by atomic mass is 35.5. The molecule has 3 aromatic rings. The summed E-state index contributed by atoms with van der Waals surface area (Å²) in [4.78, 5) is -2.11. The van der Waals surface area contributed by atoms with Crippen LogP contribution in [0.15, 0.2) is 47.4 Å². The normalized spacial score (nSPS) is 13.8. The van der Waals surface area contributed by atoms with Crippen LogP contribution in [-0.4, -0.2) is 16.0 Å². The van der Waals surface area contributed by atoms with E-state index >= 15 is 0 Å². The summed E-state index contributed by atoms with van der Waals surface area (Å²) in [5, 5.41) is 13.0. The number of aromatic nitrogens is 2. The zero-order valence-electron chi connectivity index (χ0n) is 16.7. The number of nitrogen functional groups attached to an aromatic ring is 1. The average molecular weight is 510 g/mol. The molecule has 32 heavy (non-hydrogen) atoms. The van der Waals surface area contributed by atoms with E-state index in [4.69, 9.17) is 17.3 Å². The molecule has 0 fully saturated rings. The molecule has 5 nitrogen and oxygen atoms in total. The Morgan fingerprint density at radius 3 is 2.31 bits per heavy atom. The highest BCUT2D eigenvalue weighted by molar-refractivity contribution is 8.45. The van der Waals surface area contributed by atoms with Gasteiger partial charge in [0.15, 0.2) is 11.5 Å². The Hall–Kier alpha value is -2.62. The summed E-state index contributed by atoms with van der Waals surface area (Å²) in [5.41, 5.74) is 6.91. The van der Waals surface area contributed by atoms with Crippen LogP contribution in [0.3, 0.4) is 0 Å². The molecule has 0 saturated carbocycles. The quantitative estimate of drug-likeness (QED) is 0.280. The van der Waals surface area contributed by atoms with Crippen LogP contribution in [0.25, 0.3) is 5.69 Å². The predicted molar refractivity (Wildman–Crippen MR) is 120 cm³/mol. The van der Waals surface area contributed by atoms with Crippen molar-refractivity contribution in [2.45, 2.75) is 18.4 Å². The van der Waals surface area contributed by atoms with E-state index in [1.807, 2.05) is 36.4 Å². The number of hydrogen-bond donors (Lipinski definition) is 1. The second-order valence-corrected chi connectivity index (χ2v) is 10.5. The lowest BCUT2D eigenvalue weighted by molar-refractivity contribution is 0.364. The molecule has 1 heterocycles. The smallest absolute Gasteiger partial charge is 0.310 e. The van der Waals surface area contributed by atoms with Crippen LogP contribution in [0.4, 0.5) is 30.9 Å². The first kappa shape index (κ1) is 24.0. The van der Waals surface area contributed by atoms with Gasteiger partial charge in [-0.15, -0.1) is 0 Å². The van der Waals surface area contributed by atoms with Crippen LogP contribution in [0.2, 0.25) is 5.02 Å². The second-order valence-electron chi connectivity index (χ2n) is 6.85. The van der Waals surface area contributed by atoms with Gasteiger partial charge in [-0.25, -0.2) is 4.68 Å². The fraction of sp³-hybridized carbons (Fsp3) is 0.158. The Morgan fingerprint density at radius 2 is 1.81 bits per heavy atom. The van der Waals surface area contributed by atoms with Crippen molar-refractivity contribution in [3.8, 4) is 11.8 Å². The highest BCUT2D eigenvalue weighted by Crippen LogP contribution is 3.02. The molecular weight excluding hydrogens is 493 g/mol. The van der Waals surface area contributed by atoms with E-state index in [0.29, 0.717) is 12.6 Å². The third-order valence-electron chi connectivity index (χ3n) is 4.52. The Kier molecular flexibility index (Phi) is 5.61. The summed E-state index contributed by atoms with van der Waals surface area (Å²) in [6.07, 6.45) is 1.75. The minimum Gasteiger partial charge on any atom is -0.382 e. The molecule has 3 rings (SSSR count). The molecule has 0 spiro atoms. The topological polar surface area (TPSA) is 70.9 Å². The number of halogens is 6. The molecule has 0 aliphatic heterocycles. The van der Waals surface area contributed by atoms with Crippen LogP contribution in [0.1, 0.15) is 16.8 Å². The number of rotatable bonds is 6. The van der Waals surface area contributed by atoms with Crippen molar-refractivity contribution < 1.29 is 19.4 Å². The van der Waals surface area contributed by atoms with E-state index in [2.05, 4.69) is 5.10 Å². The van der Waals surface area contributed by atoms with Crippen molar-refractivity contribution in [2.24, 2.45) is 0 Å². The number of nitrogens with zero attached hydrogens (tertiary/aromatic N) is 4. The first-order chi connectivity index (χ1) is 14.7. The van der Waals surface area contributed by atoms with Crippen molar-refractivity contribution >= 4 is 45.3 Å². The molecule has 172 valence electrons. The fourth-order valence-electron chi connectivity index (χ4n) is 3.09. The van der Waals surface area contributed by atoms with E-state index in [1.165, 1.54) is 18.9 Å². The summed E-state index contributed by atoms with van der Waals surface area (Å²) in [7, 11) is -9.94. The summed E-state index contributed by atoms with van der Waals surface area (Å²) >= 11 is 7.24. The number of anilines is 2. The lowest BCUT2D eigenvalue weighted by Crippen LogP contribution is -2.16. The SMILES string of the molecule is CSN(Cc1ccccc1)c1c(C#N)nn(-c2c(C)cc(S(F)(F)(F)(F)F)cc2Cl)c1N. The lowest BCUT2D eigenvalue weighted by Gasteiger charge is -2.41. The molecule has 0 radical (unpaired) electrons. The molecule has 13 heteroatoms. The van der Waals surface area contributed by atoms with Crippen molar-refractivity contribution in [3.05, 3.63) is 64.3 Å². The first-order valence-corrected chi connectivity index (χ1v) is 12.4. The molecule has 0 amide bonds. The van der Waals surface area contributed by atoms with Crippen LogP contribution in [0.5, 0.6) is 0 Å². The molecule has 0 saturated heterocycles. The molecule has 0 bridgehead atoms. The van der Waals surface area contributed by atoms with Gasteiger partial charge in [-0.1, -0.05) is 73.3 Å². The van der Waals surface area contributed by atoms with E-state index in [9.17, 15) is 24.7 Å². The molecule has 0 aliphatic rings. The van der Waals surface area contributed by atoms with Gasteiger partial charge in [0, 0.05) is 6.26 Å². The van der Waals surface area contributed by atoms with E-state index in [1.54, 1.807) is 10.6 Å². The first-order valence-electron chi connectivity index (χ1n) is 8.85. The Labute approximate surface area is 190 Å². The molecule has 2 N–H and O–H groups in total. The van der Waals surface area contributed by atoms with Crippen LogP contribution in [-0.2, 0) is 6.54 Å². The zero-order valence-corrected chi connectivity index (χ0v) is 19.1. The molecule has 1 aromatic heterocycles. The van der Waals surface area contributed by atoms with Crippen LogP contribution >= 0.6 is 33.8 Å². The second kappa shape index (κ2) is 7.47. The van der Waals surface area contributed by atoms with Gasteiger partial charge < -0.3 is 10.0 Å². The lowest BCUT2D eigenvalue weighted by atomic mass is 10.2. The van der Waals surface area contributed by atoms with Gasteiger partial charge in [-0.05, 0) is 30.2 Å². The third kappa shape index (κ3) is 4.74. The number of benzene rings is 2. The molecule has 2 aromatic carbocycles. The summed E-state index contributed by atoms with van der Waals surface area (Å²) in [6, 6.07) is 11.6. The molecule has 0 aliphatic carbocycles. The van der Waals surface area contributed by atoms with Crippen molar-refractivity contribution in [2.75, 3.05) is 16.3 Å². The minimum absolute atomic E-state index is 0.0723. The van der Waals surface area contributed by atoms with Gasteiger partial charge >= 0.3 is 10.2 Å². The van der Waals surface area contributed by atoms with E-state index in [0.717, 1.165) is 10.2 Å². The predicted octanol–water partition coefficient (Wildman–Crippen LogP) is 7.23. The largest absolute Gasteiger partial charge is 0.382 e. The zero-order chi connectivity index (χ0) is 24.0. The fourth-order valence-corrected chi connectivity index (χ4v) is 4.89. The van der Waals surface area contributed by atoms with Crippen LogP contribution in [0, 0.1) is 18.3 Å². The number of nitrogens with two attached hydrogens (primary N) is 1. The summed E-state index contributed by atoms with van der Waals surface area (Å²) in [5.74, 6) is -0.0723. The minimum atomic E-state index is -9.94. The average Bonchev–Trinajstić information content (AvgIpc) is 3.01. The van der Waals surface area contributed by atoms with E-state index in [-0.39, 0.29) is 34.5 Å². The molecule has 0 unspecified atom stereocenters. The number of hydrogen-bond acceptors (Lipinski definition) is 5. The van der Waals surface area contributed by atoms with E-state index < -0.39 is 20.1 Å². The summed E-state index contributed by atoms with van der Waals surface area (Å²) < 4.78 is 68.9. The van der Waals surface area contributed by atoms with Crippen molar-refractivity contribution in [1.82, 2.24) is 9.78 Å². The van der Waals surface area contributed by atoms with Gasteiger partial charge in [0.05, 0.1) is 17.3 Å². The highest BCUT2D eigenvalue weighted by Gasteiger charge is 2.65. The third-order valence-corrected chi connectivity index (χ3v) is 6.69. The number of aryl methyl sites for hydroxylation is 1. The van der Waals surface area contributed by atoms with Crippen molar-refractivity contribution in [3.63, 3.8) is 0 Å². The molecule has 0 atom stereocenters. The maximum Gasteiger partial charge on any atom is 0.310 e. The summed E-state index contributed by atoms with van der Waals surface area (Å²) in [6.45, 7) is 1.53. The Bertz CT molecular complexity index is 1200. The van der Waals surface area contributed by atoms with Gasteiger partial charge in [-0.3, -0.25) is 0 Å². The Balaban J connectivity index is 2.16. The van der Waals surface area contributed by atoms with Gasteiger partial charge in [0.2, 0.25) is 0 Å². The van der Waals surface area contributed by atoms with Crippen molar-refractivity contribution in [1.29, 1.82) is 5.26 Å².